The summed E-state index contributed by atoms with van der Waals surface area (Å²) in [5, 5.41) is 5.65. The highest BCUT2D eigenvalue weighted by molar-refractivity contribution is 5.94. The third kappa shape index (κ3) is 5.08. The summed E-state index contributed by atoms with van der Waals surface area (Å²) in [4.78, 5) is 39.2. The number of rotatable bonds is 4. The number of likely N-dealkylation sites (tertiary alicyclic amines) is 1. The fourth-order valence-electron chi connectivity index (χ4n) is 6.72. The largest absolute Gasteiger partial charge is 0.444 e. The maximum absolute atomic E-state index is 14.0. The Morgan fingerprint density at radius 3 is 2.58 bits per heavy atom. The molecule has 9 nitrogen and oxygen atoms in total. The zero-order valence-corrected chi connectivity index (χ0v) is 25.7. The molecule has 5 heterocycles. The lowest BCUT2D eigenvalue weighted by atomic mass is 9.86. The fraction of sp³-hybridized carbons (Fsp3) is 0.471. The van der Waals surface area contributed by atoms with Crippen molar-refractivity contribution in [3.63, 3.8) is 0 Å². The van der Waals surface area contributed by atoms with Crippen molar-refractivity contribution in [2.75, 3.05) is 13.1 Å². The first-order valence-electron chi connectivity index (χ1n) is 15.5. The van der Waals surface area contributed by atoms with Crippen LogP contribution in [0.15, 0.2) is 36.8 Å². The zero-order valence-electron chi connectivity index (χ0n) is 25.7. The van der Waals surface area contributed by atoms with Gasteiger partial charge in [0, 0.05) is 48.5 Å². The second-order valence-corrected chi connectivity index (χ2v) is 13.5. The highest BCUT2D eigenvalue weighted by Crippen LogP contribution is 2.41. The monoisotopic (exact) mass is 580 g/mol. The Kier molecular flexibility index (Phi) is 6.59. The van der Waals surface area contributed by atoms with Crippen LogP contribution in [0.25, 0.3) is 22.2 Å². The quantitative estimate of drug-likeness (QED) is 0.292. The van der Waals surface area contributed by atoms with Crippen LogP contribution in [0, 0.1) is 13.8 Å². The van der Waals surface area contributed by atoms with Gasteiger partial charge in [-0.25, -0.2) is 9.78 Å². The van der Waals surface area contributed by atoms with Crippen LogP contribution >= 0.6 is 0 Å². The van der Waals surface area contributed by atoms with Crippen LogP contribution < -0.4 is 0 Å². The van der Waals surface area contributed by atoms with E-state index < -0.39 is 5.60 Å². The Balaban J connectivity index is 1.30. The molecule has 9 heteroatoms. The van der Waals surface area contributed by atoms with Crippen LogP contribution in [0.1, 0.15) is 96.8 Å². The van der Waals surface area contributed by atoms with Gasteiger partial charge in [-0.3, -0.25) is 9.48 Å². The van der Waals surface area contributed by atoms with Crippen LogP contribution in [0.5, 0.6) is 0 Å². The van der Waals surface area contributed by atoms with E-state index in [0.717, 1.165) is 76.5 Å². The number of aromatic nitrogens is 4. The van der Waals surface area contributed by atoms with Gasteiger partial charge in [0.25, 0.3) is 5.91 Å². The SMILES string of the molecule is Cc1cnn(C2CC2)c1C(=O)N1CCc2cc(-c3cnc4[nH]cc(C)c4c3)cc([C@@H]3CCCN3C(=O)OC(C)(C)C)c2C1. The minimum Gasteiger partial charge on any atom is -0.444 e. The molecule has 1 saturated carbocycles. The standard InChI is InChI=1S/C34H40N6O3/c1-20-16-35-31-26(20)15-24(18-36-31)23-13-22-10-12-38(32(41)30-21(2)17-37-40(30)25-8-9-25)19-28(22)27(14-23)29-7-6-11-39(29)33(42)43-34(3,4)5/h13-18,25,29H,6-12,19H2,1-5H3,(H,35,36)/t29-/m0/s1. The lowest BCUT2D eigenvalue weighted by Crippen LogP contribution is -2.39. The highest BCUT2D eigenvalue weighted by atomic mass is 16.6. The van der Waals surface area contributed by atoms with E-state index >= 15 is 0 Å². The molecule has 3 aliphatic rings. The van der Waals surface area contributed by atoms with Gasteiger partial charge in [0.1, 0.15) is 16.9 Å². The molecule has 0 unspecified atom stereocenters. The van der Waals surface area contributed by atoms with Crippen molar-refractivity contribution in [3.8, 4) is 11.1 Å². The lowest BCUT2D eigenvalue weighted by molar-refractivity contribution is 0.0222. The number of fused-ring (bicyclic) bond motifs is 2. The van der Waals surface area contributed by atoms with Crippen molar-refractivity contribution in [2.45, 2.75) is 91.0 Å². The number of pyridine rings is 1. The van der Waals surface area contributed by atoms with E-state index in [-0.39, 0.29) is 18.0 Å². The predicted molar refractivity (Wildman–Crippen MR) is 165 cm³/mol. The molecule has 1 N–H and O–H groups in total. The van der Waals surface area contributed by atoms with E-state index in [0.29, 0.717) is 31.4 Å². The summed E-state index contributed by atoms with van der Waals surface area (Å²) in [5.41, 5.74) is 8.70. The smallest absolute Gasteiger partial charge is 0.410 e. The van der Waals surface area contributed by atoms with Crippen molar-refractivity contribution in [3.05, 3.63) is 70.3 Å². The fourth-order valence-corrected chi connectivity index (χ4v) is 6.72. The summed E-state index contributed by atoms with van der Waals surface area (Å²) in [6.45, 7) is 11.6. The number of hydrogen-bond donors (Lipinski definition) is 1. The number of carbonyl (C=O) groups excluding carboxylic acids is 2. The van der Waals surface area contributed by atoms with E-state index in [9.17, 15) is 9.59 Å². The van der Waals surface area contributed by atoms with Crippen LogP contribution in [-0.4, -0.2) is 60.2 Å². The Hall–Kier alpha value is -4.14. The normalized spacial score (nSPS) is 18.8. The van der Waals surface area contributed by atoms with Gasteiger partial charge in [0.05, 0.1) is 18.3 Å². The summed E-state index contributed by atoms with van der Waals surface area (Å²) >= 11 is 0. The maximum atomic E-state index is 14.0. The van der Waals surface area contributed by atoms with Crippen molar-refractivity contribution in [1.82, 2.24) is 29.5 Å². The van der Waals surface area contributed by atoms with Crippen LogP contribution in [0.2, 0.25) is 0 Å². The van der Waals surface area contributed by atoms with Gasteiger partial charge in [-0.2, -0.15) is 5.10 Å². The van der Waals surface area contributed by atoms with Crippen LogP contribution in [0.3, 0.4) is 0 Å². The number of H-pyrrole nitrogens is 1. The first-order valence-corrected chi connectivity index (χ1v) is 15.5. The van der Waals surface area contributed by atoms with E-state index in [4.69, 9.17) is 9.72 Å². The number of nitrogens with zero attached hydrogens (tertiary/aromatic N) is 5. The highest BCUT2D eigenvalue weighted by Gasteiger charge is 2.37. The molecule has 43 heavy (non-hydrogen) atoms. The van der Waals surface area contributed by atoms with Gasteiger partial charge in [0.15, 0.2) is 0 Å². The molecule has 1 aromatic carbocycles. The van der Waals surface area contributed by atoms with Gasteiger partial charge < -0.3 is 19.5 Å². The summed E-state index contributed by atoms with van der Waals surface area (Å²) in [6.07, 6.45) is 10.1. The van der Waals surface area contributed by atoms with Gasteiger partial charge in [0.2, 0.25) is 0 Å². The average molecular weight is 581 g/mol. The molecule has 2 fully saturated rings. The first kappa shape index (κ1) is 27.7. The zero-order chi connectivity index (χ0) is 30.0. The topological polar surface area (TPSA) is 96.4 Å². The number of nitrogens with one attached hydrogen (secondary N) is 1. The van der Waals surface area contributed by atoms with Gasteiger partial charge >= 0.3 is 6.09 Å². The van der Waals surface area contributed by atoms with Gasteiger partial charge in [-0.05, 0) is 107 Å². The van der Waals surface area contributed by atoms with Crippen molar-refractivity contribution in [2.24, 2.45) is 0 Å². The molecule has 7 rings (SSSR count). The average Bonchev–Trinajstić information content (AvgIpc) is 3.38. The summed E-state index contributed by atoms with van der Waals surface area (Å²) < 4.78 is 7.78. The van der Waals surface area contributed by atoms with Gasteiger partial charge in [-0.15, -0.1) is 0 Å². The molecule has 3 aromatic heterocycles. The number of ether oxygens (including phenoxy) is 1. The Morgan fingerprint density at radius 2 is 1.81 bits per heavy atom. The molecule has 2 amide bonds. The molecular weight excluding hydrogens is 540 g/mol. The molecule has 2 aliphatic heterocycles. The molecule has 1 saturated heterocycles. The Labute approximate surface area is 252 Å². The molecular formula is C34H40N6O3. The van der Waals surface area contributed by atoms with E-state index in [1.165, 1.54) is 5.56 Å². The molecule has 224 valence electrons. The van der Waals surface area contributed by atoms with Crippen LogP contribution in [0.4, 0.5) is 4.79 Å². The third-order valence-corrected chi connectivity index (χ3v) is 9.05. The summed E-state index contributed by atoms with van der Waals surface area (Å²) in [5.74, 6) is 0.0376. The summed E-state index contributed by atoms with van der Waals surface area (Å²) in [6, 6.07) is 6.89. The van der Waals surface area contributed by atoms with Crippen molar-refractivity contribution in [1.29, 1.82) is 0 Å². The summed E-state index contributed by atoms with van der Waals surface area (Å²) in [7, 11) is 0. The number of benzene rings is 1. The minimum absolute atomic E-state index is 0.0376. The maximum Gasteiger partial charge on any atom is 0.410 e. The third-order valence-electron chi connectivity index (χ3n) is 9.05. The molecule has 1 aliphatic carbocycles. The Morgan fingerprint density at radius 1 is 1.00 bits per heavy atom. The minimum atomic E-state index is -0.577. The second kappa shape index (κ2) is 10.2. The van der Waals surface area contributed by atoms with Crippen molar-refractivity contribution < 1.29 is 14.3 Å². The molecule has 0 spiro atoms. The second-order valence-electron chi connectivity index (χ2n) is 13.5. The number of carbonyl (C=O) groups is 2. The van der Waals surface area contributed by atoms with E-state index in [1.807, 2.05) is 60.8 Å². The molecule has 4 aromatic rings. The van der Waals surface area contributed by atoms with E-state index in [1.54, 1.807) is 0 Å². The number of hydrogen-bond acceptors (Lipinski definition) is 5. The lowest BCUT2D eigenvalue weighted by Gasteiger charge is -2.35. The molecule has 0 bridgehead atoms. The van der Waals surface area contributed by atoms with Crippen LogP contribution in [-0.2, 0) is 17.7 Å². The predicted octanol–water partition coefficient (Wildman–Crippen LogP) is 6.65. The molecule has 0 radical (unpaired) electrons. The Bertz CT molecular complexity index is 1740. The number of amides is 2. The van der Waals surface area contributed by atoms with E-state index in [2.05, 4.69) is 35.2 Å². The van der Waals surface area contributed by atoms with Crippen molar-refractivity contribution >= 4 is 23.0 Å². The number of aryl methyl sites for hydroxylation is 2. The van der Waals surface area contributed by atoms with Gasteiger partial charge in [-0.1, -0.05) is 6.07 Å². The number of aromatic amines is 1. The first-order chi connectivity index (χ1) is 20.6. The molecule has 1 atom stereocenters.